The third-order valence-electron chi connectivity index (χ3n) is 3.47. The highest BCUT2D eigenvalue weighted by atomic mass is 16.5. The fraction of sp³-hybridized carbons (Fsp3) is 0.118. The number of nitrogens with zero attached hydrogens (tertiary/aromatic N) is 3. The minimum atomic E-state index is 0.246. The van der Waals surface area contributed by atoms with Gasteiger partial charge in [-0.05, 0) is 42.3 Å². The first-order chi connectivity index (χ1) is 10.2. The van der Waals surface area contributed by atoms with E-state index in [9.17, 15) is 5.26 Å². The van der Waals surface area contributed by atoms with Crippen LogP contribution in [0.5, 0.6) is 11.6 Å². The Morgan fingerprint density at radius 3 is 2.52 bits per heavy atom. The second-order valence-electron chi connectivity index (χ2n) is 4.81. The van der Waals surface area contributed by atoms with Gasteiger partial charge in [0.25, 0.3) is 5.88 Å². The number of ether oxygens (including phenoxy) is 1. The van der Waals surface area contributed by atoms with Crippen molar-refractivity contribution in [2.75, 3.05) is 0 Å². The minimum absolute atomic E-state index is 0.246. The van der Waals surface area contributed by atoms with Gasteiger partial charge in [0.2, 0.25) is 0 Å². The summed E-state index contributed by atoms with van der Waals surface area (Å²) >= 11 is 0. The molecule has 4 nitrogen and oxygen atoms in total. The molecule has 0 atom stereocenters. The summed E-state index contributed by atoms with van der Waals surface area (Å²) in [5.74, 6) is 0.888. The maximum atomic E-state index is 9.28. The van der Waals surface area contributed by atoms with Crippen molar-refractivity contribution in [2.24, 2.45) is 0 Å². The van der Waals surface area contributed by atoms with Crippen molar-refractivity contribution in [2.45, 2.75) is 13.8 Å². The Hall–Kier alpha value is -2.93. The fourth-order valence-electron chi connectivity index (χ4n) is 2.13. The number of fused-ring (bicyclic) bond motifs is 1. The molecule has 21 heavy (non-hydrogen) atoms. The summed E-state index contributed by atoms with van der Waals surface area (Å²) in [6.45, 7) is 3.67. The van der Waals surface area contributed by atoms with Crippen molar-refractivity contribution in [1.82, 2.24) is 10.2 Å². The zero-order valence-electron chi connectivity index (χ0n) is 11.8. The van der Waals surface area contributed by atoms with Crippen molar-refractivity contribution in [1.29, 1.82) is 5.26 Å². The minimum Gasteiger partial charge on any atom is -0.437 e. The number of hydrogen-bond acceptors (Lipinski definition) is 4. The van der Waals surface area contributed by atoms with E-state index in [-0.39, 0.29) is 5.88 Å². The number of aryl methyl sites for hydroxylation is 1. The average molecular weight is 275 g/mol. The lowest BCUT2D eigenvalue weighted by molar-refractivity contribution is 0.452. The van der Waals surface area contributed by atoms with Crippen LogP contribution in [0.4, 0.5) is 0 Å². The SMILES string of the molecule is Cc1nnc(Oc2ccc3ccccc3c2)c(C#N)c1C. The van der Waals surface area contributed by atoms with Gasteiger partial charge in [0.15, 0.2) is 0 Å². The second kappa shape index (κ2) is 5.22. The highest BCUT2D eigenvalue weighted by molar-refractivity contribution is 5.83. The van der Waals surface area contributed by atoms with Gasteiger partial charge in [-0.15, -0.1) is 5.10 Å². The molecule has 3 aromatic rings. The van der Waals surface area contributed by atoms with Crippen LogP contribution in [-0.4, -0.2) is 10.2 Å². The molecule has 2 aromatic carbocycles. The predicted molar refractivity (Wildman–Crippen MR) is 80.2 cm³/mol. The molecule has 0 aliphatic heterocycles. The molecule has 0 unspecified atom stereocenters. The van der Waals surface area contributed by atoms with Gasteiger partial charge in [-0.2, -0.15) is 10.4 Å². The lowest BCUT2D eigenvalue weighted by Gasteiger charge is -2.09. The number of hydrogen-bond donors (Lipinski definition) is 0. The van der Waals surface area contributed by atoms with Crippen LogP contribution in [-0.2, 0) is 0 Å². The number of rotatable bonds is 2. The van der Waals surface area contributed by atoms with E-state index in [0.717, 1.165) is 22.0 Å². The Morgan fingerprint density at radius 2 is 1.76 bits per heavy atom. The Labute approximate surface area is 122 Å². The molecule has 0 fully saturated rings. The van der Waals surface area contributed by atoms with Crippen LogP contribution in [0.25, 0.3) is 10.8 Å². The van der Waals surface area contributed by atoms with Crippen molar-refractivity contribution >= 4 is 10.8 Å². The van der Waals surface area contributed by atoms with Crippen LogP contribution in [0.15, 0.2) is 42.5 Å². The molecule has 102 valence electrons. The van der Waals surface area contributed by atoms with Gasteiger partial charge in [-0.1, -0.05) is 30.3 Å². The number of aromatic nitrogens is 2. The molecule has 4 heteroatoms. The van der Waals surface area contributed by atoms with Gasteiger partial charge >= 0.3 is 0 Å². The molecule has 0 bridgehead atoms. The van der Waals surface area contributed by atoms with E-state index in [1.54, 1.807) is 0 Å². The number of nitriles is 1. The van der Waals surface area contributed by atoms with Crippen LogP contribution in [0.1, 0.15) is 16.8 Å². The van der Waals surface area contributed by atoms with E-state index in [4.69, 9.17) is 4.74 Å². The Morgan fingerprint density at radius 1 is 1.00 bits per heavy atom. The molecule has 0 saturated heterocycles. The standard InChI is InChI=1S/C17H13N3O/c1-11-12(2)19-20-17(16(11)10-18)21-15-8-7-13-5-3-4-6-14(13)9-15/h3-9H,1-2H3. The molecular formula is C17H13N3O. The van der Waals surface area contributed by atoms with E-state index in [1.165, 1.54) is 0 Å². The Bertz CT molecular complexity index is 866. The Balaban J connectivity index is 2.03. The monoisotopic (exact) mass is 275 g/mol. The van der Waals surface area contributed by atoms with E-state index in [2.05, 4.69) is 16.3 Å². The van der Waals surface area contributed by atoms with Crippen LogP contribution in [0, 0.1) is 25.2 Å². The van der Waals surface area contributed by atoms with Crippen LogP contribution < -0.4 is 4.74 Å². The average Bonchev–Trinajstić information content (AvgIpc) is 2.51. The van der Waals surface area contributed by atoms with Gasteiger partial charge in [0.1, 0.15) is 17.4 Å². The van der Waals surface area contributed by atoms with Gasteiger partial charge in [0.05, 0.1) is 5.69 Å². The van der Waals surface area contributed by atoms with Gasteiger partial charge in [-0.25, -0.2) is 0 Å². The van der Waals surface area contributed by atoms with Crippen molar-refractivity contribution in [3.05, 3.63) is 59.3 Å². The molecule has 1 aromatic heterocycles. The largest absolute Gasteiger partial charge is 0.437 e. The van der Waals surface area contributed by atoms with Crippen LogP contribution in [0.2, 0.25) is 0 Å². The first kappa shape index (κ1) is 13.1. The summed E-state index contributed by atoms with van der Waals surface area (Å²) in [7, 11) is 0. The number of benzene rings is 2. The first-order valence-corrected chi connectivity index (χ1v) is 6.59. The lowest BCUT2D eigenvalue weighted by Crippen LogP contribution is -2.00. The van der Waals surface area contributed by atoms with Crippen LogP contribution in [0.3, 0.4) is 0 Å². The first-order valence-electron chi connectivity index (χ1n) is 6.59. The summed E-state index contributed by atoms with van der Waals surface area (Å²) in [6.07, 6.45) is 0. The predicted octanol–water partition coefficient (Wildman–Crippen LogP) is 3.91. The molecule has 0 aliphatic carbocycles. The van der Waals surface area contributed by atoms with Crippen molar-refractivity contribution < 1.29 is 4.74 Å². The highest BCUT2D eigenvalue weighted by Crippen LogP contribution is 2.27. The van der Waals surface area contributed by atoms with E-state index < -0.39 is 0 Å². The summed E-state index contributed by atoms with van der Waals surface area (Å²) in [4.78, 5) is 0. The summed E-state index contributed by atoms with van der Waals surface area (Å²) < 4.78 is 5.75. The normalized spacial score (nSPS) is 10.3. The van der Waals surface area contributed by atoms with E-state index in [1.807, 2.05) is 56.3 Å². The maximum absolute atomic E-state index is 9.28. The molecule has 0 radical (unpaired) electrons. The molecule has 0 spiro atoms. The maximum Gasteiger partial charge on any atom is 0.257 e. The molecule has 0 saturated carbocycles. The highest BCUT2D eigenvalue weighted by Gasteiger charge is 2.13. The lowest BCUT2D eigenvalue weighted by atomic mass is 10.1. The molecule has 0 amide bonds. The van der Waals surface area contributed by atoms with Gasteiger partial charge < -0.3 is 4.74 Å². The summed E-state index contributed by atoms with van der Waals surface area (Å²) in [5, 5.41) is 19.5. The molecule has 0 N–H and O–H groups in total. The third-order valence-corrected chi connectivity index (χ3v) is 3.47. The molecular weight excluding hydrogens is 262 g/mol. The summed E-state index contributed by atoms with van der Waals surface area (Å²) in [5.41, 5.74) is 1.95. The smallest absolute Gasteiger partial charge is 0.257 e. The van der Waals surface area contributed by atoms with Crippen molar-refractivity contribution in [3.8, 4) is 17.7 Å². The molecule has 1 heterocycles. The van der Waals surface area contributed by atoms with Crippen LogP contribution >= 0.6 is 0 Å². The zero-order valence-corrected chi connectivity index (χ0v) is 11.8. The second-order valence-corrected chi connectivity index (χ2v) is 4.81. The molecule has 3 rings (SSSR count). The van der Waals surface area contributed by atoms with Gasteiger partial charge in [0, 0.05) is 0 Å². The quantitative estimate of drug-likeness (QED) is 0.711. The fourth-order valence-corrected chi connectivity index (χ4v) is 2.13. The zero-order chi connectivity index (χ0) is 14.8. The molecule has 0 aliphatic rings. The Kier molecular flexibility index (Phi) is 3.25. The third kappa shape index (κ3) is 2.41. The van der Waals surface area contributed by atoms with E-state index in [0.29, 0.717) is 11.3 Å². The van der Waals surface area contributed by atoms with Crippen molar-refractivity contribution in [3.63, 3.8) is 0 Å². The van der Waals surface area contributed by atoms with E-state index >= 15 is 0 Å². The topological polar surface area (TPSA) is 58.8 Å². The summed E-state index contributed by atoms with van der Waals surface area (Å²) in [6, 6.07) is 15.9. The van der Waals surface area contributed by atoms with Gasteiger partial charge in [-0.3, -0.25) is 0 Å².